The SMILES string of the molecule is CCCC(C)C(=O)Nc1cnc(Cl)c(Br)c1. The minimum absolute atomic E-state index is 0.0119. The zero-order chi connectivity index (χ0) is 12.1. The van der Waals surface area contributed by atoms with Gasteiger partial charge >= 0.3 is 0 Å². The summed E-state index contributed by atoms with van der Waals surface area (Å²) in [6, 6.07) is 1.74. The fourth-order valence-electron chi connectivity index (χ4n) is 1.32. The standard InChI is InChI=1S/C11H14BrClN2O/c1-3-4-7(2)11(16)15-8-5-9(12)10(13)14-6-8/h5-7H,3-4H2,1-2H3,(H,15,16). The number of carbonyl (C=O) groups is 1. The van der Waals surface area contributed by atoms with E-state index in [2.05, 4.69) is 33.2 Å². The molecular formula is C11H14BrClN2O. The van der Waals surface area contributed by atoms with Crippen LogP contribution in [0.25, 0.3) is 0 Å². The van der Waals surface area contributed by atoms with E-state index in [1.54, 1.807) is 12.3 Å². The van der Waals surface area contributed by atoms with Crippen molar-refractivity contribution in [3.8, 4) is 0 Å². The highest BCUT2D eigenvalue weighted by Crippen LogP contribution is 2.23. The van der Waals surface area contributed by atoms with Gasteiger partial charge in [-0.2, -0.15) is 0 Å². The third-order valence-corrected chi connectivity index (χ3v) is 3.37. The van der Waals surface area contributed by atoms with Crippen molar-refractivity contribution in [2.24, 2.45) is 5.92 Å². The van der Waals surface area contributed by atoms with Gasteiger partial charge in [0.15, 0.2) is 0 Å². The van der Waals surface area contributed by atoms with Crippen LogP contribution >= 0.6 is 27.5 Å². The van der Waals surface area contributed by atoms with Crippen LogP contribution in [0.1, 0.15) is 26.7 Å². The molecule has 0 aromatic carbocycles. The van der Waals surface area contributed by atoms with Gasteiger partial charge in [0.25, 0.3) is 0 Å². The highest BCUT2D eigenvalue weighted by molar-refractivity contribution is 9.10. The van der Waals surface area contributed by atoms with E-state index < -0.39 is 0 Å². The van der Waals surface area contributed by atoms with Crippen LogP contribution in [-0.4, -0.2) is 10.9 Å². The van der Waals surface area contributed by atoms with Crippen molar-refractivity contribution >= 4 is 39.1 Å². The molecule has 1 atom stereocenters. The number of hydrogen-bond donors (Lipinski definition) is 1. The number of aromatic nitrogens is 1. The van der Waals surface area contributed by atoms with E-state index >= 15 is 0 Å². The van der Waals surface area contributed by atoms with Crippen molar-refractivity contribution in [3.05, 3.63) is 21.9 Å². The molecular weight excluding hydrogens is 291 g/mol. The molecule has 0 fully saturated rings. The predicted molar refractivity (Wildman–Crippen MR) is 69.6 cm³/mol. The van der Waals surface area contributed by atoms with E-state index in [4.69, 9.17) is 11.6 Å². The number of carbonyl (C=O) groups excluding carboxylic acids is 1. The van der Waals surface area contributed by atoms with Crippen molar-refractivity contribution in [1.29, 1.82) is 0 Å². The van der Waals surface area contributed by atoms with E-state index in [9.17, 15) is 4.79 Å². The molecule has 0 saturated carbocycles. The maximum absolute atomic E-state index is 11.7. The summed E-state index contributed by atoms with van der Waals surface area (Å²) in [5.74, 6) is 0.0253. The number of rotatable bonds is 4. The molecule has 1 heterocycles. The third-order valence-electron chi connectivity index (χ3n) is 2.23. The van der Waals surface area contributed by atoms with Crippen molar-refractivity contribution in [3.63, 3.8) is 0 Å². The van der Waals surface area contributed by atoms with Gasteiger partial charge < -0.3 is 5.32 Å². The summed E-state index contributed by atoms with van der Waals surface area (Å²) < 4.78 is 0.676. The first-order valence-corrected chi connectivity index (χ1v) is 6.33. The number of nitrogens with one attached hydrogen (secondary N) is 1. The average Bonchev–Trinajstić information content (AvgIpc) is 2.24. The molecule has 0 saturated heterocycles. The summed E-state index contributed by atoms with van der Waals surface area (Å²) in [6.07, 6.45) is 3.43. The Bertz CT molecular complexity index is 384. The Kier molecular flexibility index (Phi) is 5.22. The molecule has 1 aromatic heterocycles. The molecule has 1 unspecified atom stereocenters. The molecule has 16 heavy (non-hydrogen) atoms. The van der Waals surface area contributed by atoms with Gasteiger partial charge in [-0.25, -0.2) is 4.98 Å². The second-order valence-electron chi connectivity index (χ2n) is 3.68. The molecule has 3 nitrogen and oxygen atoms in total. The van der Waals surface area contributed by atoms with Gasteiger partial charge in [-0.3, -0.25) is 4.79 Å². The lowest BCUT2D eigenvalue weighted by Crippen LogP contribution is -2.20. The quantitative estimate of drug-likeness (QED) is 0.858. The van der Waals surface area contributed by atoms with Gasteiger partial charge in [0.1, 0.15) is 5.15 Å². The van der Waals surface area contributed by atoms with Gasteiger partial charge in [0.05, 0.1) is 16.4 Å². The van der Waals surface area contributed by atoms with E-state index in [1.807, 2.05) is 6.92 Å². The topological polar surface area (TPSA) is 42.0 Å². The summed E-state index contributed by atoms with van der Waals surface area (Å²) in [4.78, 5) is 15.7. The van der Waals surface area contributed by atoms with Gasteiger partial charge in [-0.1, -0.05) is 31.9 Å². The Balaban J connectivity index is 2.66. The lowest BCUT2D eigenvalue weighted by Gasteiger charge is -2.11. The highest BCUT2D eigenvalue weighted by Gasteiger charge is 2.12. The molecule has 88 valence electrons. The number of hydrogen-bond acceptors (Lipinski definition) is 2. The zero-order valence-electron chi connectivity index (χ0n) is 9.26. The molecule has 0 radical (unpaired) electrons. The molecule has 1 N–H and O–H groups in total. The van der Waals surface area contributed by atoms with E-state index in [1.165, 1.54) is 0 Å². The largest absolute Gasteiger partial charge is 0.324 e. The number of nitrogens with zero attached hydrogens (tertiary/aromatic N) is 1. The second kappa shape index (κ2) is 6.21. The van der Waals surface area contributed by atoms with Crippen LogP contribution in [0.4, 0.5) is 5.69 Å². The number of pyridine rings is 1. The van der Waals surface area contributed by atoms with Crippen LogP contribution in [0.5, 0.6) is 0 Å². The smallest absolute Gasteiger partial charge is 0.227 e. The summed E-state index contributed by atoms with van der Waals surface area (Å²) in [6.45, 7) is 3.97. The van der Waals surface area contributed by atoms with Crippen molar-refractivity contribution in [1.82, 2.24) is 4.98 Å². The summed E-state index contributed by atoms with van der Waals surface area (Å²) >= 11 is 9.02. The van der Waals surface area contributed by atoms with Crippen LogP contribution < -0.4 is 5.32 Å². The molecule has 5 heteroatoms. The van der Waals surface area contributed by atoms with Crippen LogP contribution in [0.2, 0.25) is 5.15 Å². The maximum atomic E-state index is 11.7. The van der Waals surface area contributed by atoms with Crippen molar-refractivity contribution in [2.75, 3.05) is 5.32 Å². The van der Waals surface area contributed by atoms with Crippen LogP contribution in [0, 0.1) is 5.92 Å². The molecule has 1 amide bonds. The van der Waals surface area contributed by atoms with Gasteiger partial charge in [0.2, 0.25) is 5.91 Å². The highest BCUT2D eigenvalue weighted by atomic mass is 79.9. The Labute approximate surface area is 109 Å². The molecule has 0 aliphatic heterocycles. The lowest BCUT2D eigenvalue weighted by atomic mass is 10.1. The molecule has 1 aromatic rings. The van der Waals surface area contributed by atoms with E-state index in [0.29, 0.717) is 15.3 Å². The van der Waals surface area contributed by atoms with Crippen LogP contribution in [0.3, 0.4) is 0 Å². The Morgan fingerprint density at radius 3 is 2.94 bits per heavy atom. The molecule has 0 aliphatic carbocycles. The van der Waals surface area contributed by atoms with Crippen LogP contribution in [-0.2, 0) is 4.79 Å². The average molecular weight is 306 g/mol. The monoisotopic (exact) mass is 304 g/mol. The first-order chi connectivity index (χ1) is 7.54. The summed E-state index contributed by atoms with van der Waals surface area (Å²) in [5, 5.41) is 3.19. The fourth-order valence-corrected chi connectivity index (χ4v) is 1.77. The minimum atomic E-state index is 0.0119. The first-order valence-electron chi connectivity index (χ1n) is 5.16. The maximum Gasteiger partial charge on any atom is 0.227 e. The fraction of sp³-hybridized carbons (Fsp3) is 0.455. The zero-order valence-corrected chi connectivity index (χ0v) is 11.6. The first kappa shape index (κ1) is 13.5. The number of anilines is 1. The second-order valence-corrected chi connectivity index (χ2v) is 4.89. The Morgan fingerprint density at radius 1 is 1.69 bits per heavy atom. The van der Waals surface area contributed by atoms with Gasteiger partial charge in [-0.05, 0) is 28.4 Å². The lowest BCUT2D eigenvalue weighted by molar-refractivity contribution is -0.119. The minimum Gasteiger partial charge on any atom is -0.324 e. The van der Waals surface area contributed by atoms with Gasteiger partial charge in [-0.15, -0.1) is 0 Å². The van der Waals surface area contributed by atoms with Gasteiger partial charge in [0, 0.05) is 5.92 Å². The normalized spacial score (nSPS) is 12.2. The Hall–Kier alpha value is -0.610. The van der Waals surface area contributed by atoms with E-state index in [0.717, 1.165) is 12.8 Å². The molecule has 0 aliphatic rings. The number of halogens is 2. The molecule has 0 bridgehead atoms. The molecule has 1 rings (SSSR count). The van der Waals surface area contributed by atoms with Crippen molar-refractivity contribution < 1.29 is 4.79 Å². The number of amides is 1. The predicted octanol–water partition coefficient (Wildman–Crippen LogP) is 3.87. The Morgan fingerprint density at radius 2 is 2.38 bits per heavy atom. The summed E-state index contributed by atoms with van der Waals surface area (Å²) in [7, 11) is 0. The van der Waals surface area contributed by atoms with Crippen molar-refractivity contribution in [2.45, 2.75) is 26.7 Å². The summed E-state index contributed by atoms with van der Waals surface area (Å²) in [5.41, 5.74) is 0.657. The third kappa shape index (κ3) is 3.76. The van der Waals surface area contributed by atoms with E-state index in [-0.39, 0.29) is 11.8 Å². The molecule has 0 spiro atoms. The van der Waals surface area contributed by atoms with Crippen LogP contribution in [0.15, 0.2) is 16.7 Å².